The van der Waals surface area contributed by atoms with Crippen molar-refractivity contribution in [1.29, 1.82) is 0 Å². The van der Waals surface area contributed by atoms with Crippen LogP contribution in [0.25, 0.3) is 5.69 Å². The van der Waals surface area contributed by atoms with E-state index in [-0.39, 0.29) is 11.1 Å². The number of rotatable bonds is 2. The fraction of sp³-hybridized carbons (Fsp3) is 0.357. The number of hydrogen-bond acceptors (Lipinski definition) is 3. The molecule has 0 amide bonds. The highest BCUT2D eigenvalue weighted by Gasteiger charge is 2.21. The minimum Gasteiger partial charge on any atom is -0.258 e. The van der Waals surface area contributed by atoms with E-state index in [9.17, 15) is 10.1 Å². The molecule has 19 heavy (non-hydrogen) atoms. The average molecular weight is 259 g/mol. The van der Waals surface area contributed by atoms with Crippen LogP contribution in [0.15, 0.2) is 30.3 Å². The van der Waals surface area contributed by atoms with Crippen LogP contribution >= 0.6 is 0 Å². The standard InChI is InChI=1S/C14H17N3O2/c1-10-9-13(14(2,3)4)16(15-10)11-5-7-12(8-6-11)17(18)19/h5-9H,1-4H3. The maximum absolute atomic E-state index is 10.7. The zero-order chi connectivity index (χ0) is 14.2. The molecule has 5 nitrogen and oxygen atoms in total. The summed E-state index contributed by atoms with van der Waals surface area (Å²) in [5.74, 6) is 0. The lowest BCUT2D eigenvalue weighted by Gasteiger charge is -2.20. The van der Waals surface area contributed by atoms with E-state index in [4.69, 9.17) is 0 Å². The molecule has 100 valence electrons. The van der Waals surface area contributed by atoms with Gasteiger partial charge in [-0.3, -0.25) is 10.1 Å². The second kappa shape index (κ2) is 4.50. The molecule has 0 radical (unpaired) electrons. The number of aryl methyl sites for hydroxylation is 1. The predicted molar refractivity (Wildman–Crippen MR) is 73.7 cm³/mol. The van der Waals surface area contributed by atoms with Crippen molar-refractivity contribution in [2.45, 2.75) is 33.1 Å². The fourth-order valence-electron chi connectivity index (χ4n) is 1.95. The minimum atomic E-state index is -0.400. The first kappa shape index (κ1) is 13.3. The fourth-order valence-corrected chi connectivity index (χ4v) is 1.95. The van der Waals surface area contributed by atoms with Crippen LogP contribution in [-0.2, 0) is 5.41 Å². The Hall–Kier alpha value is -2.17. The van der Waals surface area contributed by atoms with Gasteiger partial charge in [-0.1, -0.05) is 20.8 Å². The summed E-state index contributed by atoms with van der Waals surface area (Å²) in [5, 5.41) is 15.1. The third kappa shape index (κ3) is 2.65. The first-order chi connectivity index (χ1) is 8.79. The highest BCUT2D eigenvalue weighted by atomic mass is 16.6. The van der Waals surface area contributed by atoms with Crippen molar-refractivity contribution in [2.75, 3.05) is 0 Å². The van der Waals surface area contributed by atoms with Gasteiger partial charge in [-0.15, -0.1) is 0 Å². The topological polar surface area (TPSA) is 61.0 Å². The molecule has 5 heteroatoms. The second-order valence-electron chi connectivity index (χ2n) is 5.61. The number of nitrogens with zero attached hydrogens (tertiary/aromatic N) is 3. The molecule has 2 rings (SSSR count). The molecule has 0 saturated heterocycles. The van der Waals surface area contributed by atoms with Crippen LogP contribution in [0.1, 0.15) is 32.2 Å². The van der Waals surface area contributed by atoms with Crippen molar-refractivity contribution in [2.24, 2.45) is 0 Å². The number of benzene rings is 1. The molecule has 0 N–H and O–H groups in total. The summed E-state index contributed by atoms with van der Waals surface area (Å²) in [6, 6.07) is 8.48. The van der Waals surface area contributed by atoms with Crippen LogP contribution in [0, 0.1) is 17.0 Å². The van der Waals surface area contributed by atoms with E-state index >= 15 is 0 Å². The summed E-state index contributed by atoms with van der Waals surface area (Å²) in [6.07, 6.45) is 0. The molecule has 0 fully saturated rings. The maximum atomic E-state index is 10.7. The number of hydrogen-bond donors (Lipinski definition) is 0. The van der Waals surface area contributed by atoms with Crippen molar-refractivity contribution in [3.05, 3.63) is 51.8 Å². The Balaban J connectivity index is 2.50. The lowest BCUT2D eigenvalue weighted by Crippen LogP contribution is -2.17. The first-order valence-electron chi connectivity index (χ1n) is 6.11. The minimum absolute atomic E-state index is 0.0387. The highest BCUT2D eigenvalue weighted by Crippen LogP contribution is 2.26. The SMILES string of the molecule is Cc1cc(C(C)(C)C)n(-c2ccc([N+](=O)[O-])cc2)n1. The van der Waals surface area contributed by atoms with Crippen LogP contribution in [-0.4, -0.2) is 14.7 Å². The molecule has 0 atom stereocenters. The molecule has 0 unspecified atom stereocenters. The highest BCUT2D eigenvalue weighted by molar-refractivity contribution is 5.42. The molecule has 0 aliphatic rings. The Morgan fingerprint density at radius 3 is 2.26 bits per heavy atom. The van der Waals surface area contributed by atoms with E-state index in [1.165, 1.54) is 12.1 Å². The molecule has 0 saturated carbocycles. The Bertz CT molecular complexity index is 607. The monoisotopic (exact) mass is 259 g/mol. The summed E-state index contributed by atoms with van der Waals surface area (Å²) >= 11 is 0. The van der Waals surface area contributed by atoms with E-state index in [0.29, 0.717) is 0 Å². The Labute approximate surface area is 112 Å². The molecule has 1 aromatic heterocycles. The number of nitro benzene ring substituents is 1. The van der Waals surface area contributed by atoms with Gasteiger partial charge < -0.3 is 0 Å². The normalized spacial score (nSPS) is 11.6. The van der Waals surface area contributed by atoms with Gasteiger partial charge in [-0.05, 0) is 25.1 Å². The molecule has 0 spiro atoms. The van der Waals surface area contributed by atoms with E-state index in [1.54, 1.807) is 12.1 Å². The molecule has 2 aromatic rings. The van der Waals surface area contributed by atoms with E-state index in [1.807, 2.05) is 17.7 Å². The second-order valence-corrected chi connectivity index (χ2v) is 5.61. The van der Waals surface area contributed by atoms with Crippen molar-refractivity contribution >= 4 is 5.69 Å². The zero-order valence-corrected chi connectivity index (χ0v) is 11.5. The van der Waals surface area contributed by atoms with E-state index < -0.39 is 4.92 Å². The smallest absolute Gasteiger partial charge is 0.258 e. The number of aromatic nitrogens is 2. The molecular formula is C14H17N3O2. The molecule has 1 aromatic carbocycles. The molecule has 1 heterocycles. The van der Waals surface area contributed by atoms with Crippen molar-refractivity contribution < 1.29 is 4.92 Å². The lowest BCUT2D eigenvalue weighted by atomic mass is 9.92. The number of nitro groups is 1. The predicted octanol–water partition coefficient (Wildman–Crippen LogP) is 3.39. The van der Waals surface area contributed by atoms with Crippen LogP contribution < -0.4 is 0 Å². The lowest BCUT2D eigenvalue weighted by molar-refractivity contribution is -0.384. The van der Waals surface area contributed by atoms with Crippen LogP contribution in [0.4, 0.5) is 5.69 Å². The van der Waals surface area contributed by atoms with Crippen molar-refractivity contribution in [1.82, 2.24) is 9.78 Å². The molecule has 0 bridgehead atoms. The Morgan fingerprint density at radius 1 is 1.21 bits per heavy atom. The van der Waals surface area contributed by atoms with E-state index in [0.717, 1.165) is 17.1 Å². The number of non-ortho nitro benzene ring substituents is 1. The zero-order valence-electron chi connectivity index (χ0n) is 11.5. The van der Waals surface area contributed by atoms with Crippen molar-refractivity contribution in [3.8, 4) is 5.69 Å². The summed E-state index contributed by atoms with van der Waals surface area (Å²) in [7, 11) is 0. The van der Waals surface area contributed by atoms with Crippen molar-refractivity contribution in [3.63, 3.8) is 0 Å². The van der Waals surface area contributed by atoms with Crippen LogP contribution in [0.5, 0.6) is 0 Å². The summed E-state index contributed by atoms with van der Waals surface area (Å²) in [6.45, 7) is 8.29. The molecule has 0 aliphatic heterocycles. The summed E-state index contributed by atoms with van der Waals surface area (Å²) in [4.78, 5) is 10.3. The van der Waals surface area contributed by atoms with Gasteiger partial charge in [0.25, 0.3) is 5.69 Å². The third-order valence-corrected chi connectivity index (χ3v) is 2.91. The van der Waals surface area contributed by atoms with Crippen LogP contribution in [0.2, 0.25) is 0 Å². The quantitative estimate of drug-likeness (QED) is 0.613. The van der Waals surface area contributed by atoms with Gasteiger partial charge in [0.2, 0.25) is 0 Å². The van der Waals surface area contributed by atoms with Gasteiger partial charge in [-0.2, -0.15) is 5.10 Å². The molecule has 0 aliphatic carbocycles. The summed E-state index contributed by atoms with van der Waals surface area (Å²) in [5.41, 5.74) is 2.90. The Kier molecular flexibility index (Phi) is 3.14. The Morgan fingerprint density at radius 2 is 1.79 bits per heavy atom. The van der Waals surface area contributed by atoms with Gasteiger partial charge in [-0.25, -0.2) is 4.68 Å². The largest absolute Gasteiger partial charge is 0.269 e. The maximum Gasteiger partial charge on any atom is 0.269 e. The van der Waals surface area contributed by atoms with Gasteiger partial charge >= 0.3 is 0 Å². The van der Waals surface area contributed by atoms with Gasteiger partial charge in [0.1, 0.15) is 0 Å². The summed E-state index contributed by atoms with van der Waals surface area (Å²) < 4.78 is 1.85. The first-order valence-corrected chi connectivity index (χ1v) is 6.11. The van der Waals surface area contributed by atoms with Gasteiger partial charge in [0.05, 0.1) is 16.3 Å². The van der Waals surface area contributed by atoms with Crippen LogP contribution in [0.3, 0.4) is 0 Å². The van der Waals surface area contributed by atoms with Gasteiger partial charge in [0.15, 0.2) is 0 Å². The average Bonchev–Trinajstić information content (AvgIpc) is 2.71. The van der Waals surface area contributed by atoms with Gasteiger partial charge in [0, 0.05) is 23.2 Å². The third-order valence-electron chi connectivity index (χ3n) is 2.91. The van der Waals surface area contributed by atoms with E-state index in [2.05, 4.69) is 25.9 Å². The molecular weight excluding hydrogens is 242 g/mol.